The minimum atomic E-state index is -0.310. The van der Waals surface area contributed by atoms with E-state index in [1.807, 2.05) is 0 Å². The Morgan fingerprint density at radius 2 is 2.00 bits per heavy atom. The quantitative estimate of drug-likeness (QED) is 0.861. The van der Waals surface area contributed by atoms with Gasteiger partial charge in [0.2, 0.25) is 0 Å². The van der Waals surface area contributed by atoms with E-state index in [-0.39, 0.29) is 5.82 Å². The molecule has 2 rings (SSSR count). The van der Waals surface area contributed by atoms with Crippen LogP contribution in [0.4, 0.5) is 10.1 Å². The number of pyridine rings is 1. The maximum absolute atomic E-state index is 13.7. The van der Waals surface area contributed by atoms with E-state index in [0.29, 0.717) is 21.4 Å². The van der Waals surface area contributed by atoms with E-state index in [4.69, 9.17) is 5.73 Å². The summed E-state index contributed by atoms with van der Waals surface area (Å²) in [6.45, 7) is 0. The first kappa shape index (κ1) is 10.1. The minimum absolute atomic E-state index is 0.310. The van der Waals surface area contributed by atoms with Crippen molar-refractivity contribution in [1.82, 2.24) is 4.98 Å². The standard InChI is InChI=1S/C11H8BrFN2/c12-9-3-1-2-8(11(9)13)10-5-4-7(14)6-15-10/h1-6H,14H2. The number of nitrogens with two attached hydrogens (primary N) is 1. The molecular formula is C11H8BrFN2. The summed E-state index contributed by atoms with van der Waals surface area (Å²) < 4.78 is 14.1. The van der Waals surface area contributed by atoms with E-state index in [2.05, 4.69) is 20.9 Å². The lowest BCUT2D eigenvalue weighted by molar-refractivity contribution is 0.624. The Kier molecular flexibility index (Phi) is 2.68. The van der Waals surface area contributed by atoms with Gasteiger partial charge >= 0.3 is 0 Å². The molecule has 0 aliphatic rings. The molecule has 0 aliphatic carbocycles. The second-order valence-electron chi connectivity index (χ2n) is 3.08. The summed E-state index contributed by atoms with van der Waals surface area (Å²) in [7, 11) is 0. The Hall–Kier alpha value is -1.42. The molecule has 1 aromatic carbocycles. The van der Waals surface area contributed by atoms with Gasteiger partial charge < -0.3 is 5.73 Å². The van der Waals surface area contributed by atoms with Gasteiger partial charge in [-0.2, -0.15) is 0 Å². The maximum atomic E-state index is 13.7. The van der Waals surface area contributed by atoms with E-state index in [1.54, 1.807) is 30.3 Å². The highest BCUT2D eigenvalue weighted by Gasteiger charge is 2.08. The SMILES string of the molecule is Nc1ccc(-c2cccc(Br)c2F)nc1. The van der Waals surface area contributed by atoms with Crippen LogP contribution in [0.15, 0.2) is 41.0 Å². The second-order valence-corrected chi connectivity index (χ2v) is 3.93. The highest BCUT2D eigenvalue weighted by Crippen LogP contribution is 2.26. The van der Waals surface area contributed by atoms with Crippen LogP contribution < -0.4 is 5.73 Å². The molecular weight excluding hydrogens is 259 g/mol. The van der Waals surface area contributed by atoms with Crippen LogP contribution in [0.2, 0.25) is 0 Å². The van der Waals surface area contributed by atoms with Crippen molar-refractivity contribution in [3.63, 3.8) is 0 Å². The van der Waals surface area contributed by atoms with Gasteiger partial charge in [-0.1, -0.05) is 6.07 Å². The predicted octanol–water partition coefficient (Wildman–Crippen LogP) is 3.23. The molecule has 76 valence electrons. The third kappa shape index (κ3) is 1.99. The van der Waals surface area contributed by atoms with Gasteiger partial charge in [-0.3, -0.25) is 4.98 Å². The number of benzene rings is 1. The third-order valence-electron chi connectivity index (χ3n) is 2.01. The molecule has 0 saturated carbocycles. The second kappa shape index (κ2) is 3.98. The lowest BCUT2D eigenvalue weighted by atomic mass is 10.1. The van der Waals surface area contributed by atoms with E-state index >= 15 is 0 Å². The molecule has 1 aromatic heterocycles. The highest BCUT2D eigenvalue weighted by molar-refractivity contribution is 9.10. The number of hydrogen-bond acceptors (Lipinski definition) is 2. The van der Waals surface area contributed by atoms with Crippen LogP contribution in [0.5, 0.6) is 0 Å². The first-order valence-electron chi connectivity index (χ1n) is 4.34. The summed E-state index contributed by atoms with van der Waals surface area (Å²) in [5.74, 6) is -0.310. The monoisotopic (exact) mass is 266 g/mol. The van der Waals surface area contributed by atoms with Crippen LogP contribution >= 0.6 is 15.9 Å². The Morgan fingerprint density at radius 3 is 2.67 bits per heavy atom. The van der Waals surface area contributed by atoms with Crippen LogP contribution in [-0.2, 0) is 0 Å². The Bertz CT molecular complexity index is 482. The molecule has 0 radical (unpaired) electrons. The van der Waals surface area contributed by atoms with Crippen molar-refractivity contribution in [3.8, 4) is 11.3 Å². The van der Waals surface area contributed by atoms with E-state index in [0.717, 1.165) is 0 Å². The summed E-state index contributed by atoms with van der Waals surface area (Å²) in [6, 6.07) is 8.48. The van der Waals surface area contributed by atoms with Gasteiger partial charge in [0.1, 0.15) is 5.82 Å². The van der Waals surface area contributed by atoms with E-state index in [9.17, 15) is 4.39 Å². The average molecular weight is 267 g/mol. The van der Waals surface area contributed by atoms with Crippen molar-refractivity contribution < 1.29 is 4.39 Å². The van der Waals surface area contributed by atoms with Crippen LogP contribution in [0, 0.1) is 5.82 Å². The van der Waals surface area contributed by atoms with Crippen molar-refractivity contribution in [3.05, 3.63) is 46.8 Å². The number of hydrogen-bond donors (Lipinski definition) is 1. The first-order valence-corrected chi connectivity index (χ1v) is 5.13. The topological polar surface area (TPSA) is 38.9 Å². The molecule has 0 fully saturated rings. The number of nitrogens with zero attached hydrogens (tertiary/aromatic N) is 1. The van der Waals surface area contributed by atoms with E-state index < -0.39 is 0 Å². The minimum Gasteiger partial charge on any atom is -0.397 e. The number of anilines is 1. The number of nitrogen functional groups attached to an aromatic ring is 1. The Morgan fingerprint density at radius 1 is 1.20 bits per heavy atom. The largest absolute Gasteiger partial charge is 0.397 e. The summed E-state index contributed by atoms with van der Waals surface area (Å²) in [5.41, 5.74) is 7.11. The molecule has 0 saturated heterocycles. The third-order valence-corrected chi connectivity index (χ3v) is 2.63. The Balaban J connectivity index is 2.54. The molecule has 15 heavy (non-hydrogen) atoms. The predicted molar refractivity (Wildman–Crippen MR) is 61.7 cm³/mol. The van der Waals surface area contributed by atoms with Gasteiger partial charge in [0.25, 0.3) is 0 Å². The molecule has 0 amide bonds. The molecule has 0 aliphatic heterocycles. The summed E-state index contributed by atoms with van der Waals surface area (Å²) in [4.78, 5) is 4.06. The number of aromatic nitrogens is 1. The fraction of sp³-hybridized carbons (Fsp3) is 0. The smallest absolute Gasteiger partial charge is 0.146 e. The molecule has 0 spiro atoms. The summed E-state index contributed by atoms with van der Waals surface area (Å²) in [6.07, 6.45) is 1.51. The van der Waals surface area contributed by atoms with Gasteiger partial charge in [0, 0.05) is 5.56 Å². The lowest BCUT2D eigenvalue weighted by Gasteiger charge is -2.03. The van der Waals surface area contributed by atoms with Crippen LogP contribution in [0.25, 0.3) is 11.3 Å². The molecule has 0 atom stereocenters. The summed E-state index contributed by atoms with van der Waals surface area (Å²) >= 11 is 3.13. The lowest BCUT2D eigenvalue weighted by Crippen LogP contribution is -1.91. The van der Waals surface area contributed by atoms with Crippen molar-refractivity contribution in [2.75, 3.05) is 5.73 Å². The zero-order valence-corrected chi connectivity index (χ0v) is 9.33. The maximum Gasteiger partial charge on any atom is 0.146 e. The van der Waals surface area contributed by atoms with Gasteiger partial charge in [0.05, 0.1) is 22.1 Å². The molecule has 2 N–H and O–H groups in total. The van der Waals surface area contributed by atoms with Crippen molar-refractivity contribution in [2.24, 2.45) is 0 Å². The molecule has 0 unspecified atom stereocenters. The van der Waals surface area contributed by atoms with Crippen molar-refractivity contribution in [2.45, 2.75) is 0 Å². The Labute approximate surface area is 95.1 Å². The molecule has 4 heteroatoms. The zero-order chi connectivity index (χ0) is 10.8. The normalized spacial score (nSPS) is 10.3. The van der Waals surface area contributed by atoms with Gasteiger partial charge in [0.15, 0.2) is 0 Å². The molecule has 1 heterocycles. The van der Waals surface area contributed by atoms with Crippen LogP contribution in [0.1, 0.15) is 0 Å². The fourth-order valence-corrected chi connectivity index (χ4v) is 1.63. The number of halogens is 2. The molecule has 0 bridgehead atoms. The van der Waals surface area contributed by atoms with Gasteiger partial charge in [-0.15, -0.1) is 0 Å². The fourth-order valence-electron chi connectivity index (χ4n) is 1.27. The zero-order valence-electron chi connectivity index (χ0n) is 7.74. The van der Waals surface area contributed by atoms with Gasteiger partial charge in [-0.25, -0.2) is 4.39 Å². The van der Waals surface area contributed by atoms with Crippen LogP contribution in [0.3, 0.4) is 0 Å². The van der Waals surface area contributed by atoms with Crippen molar-refractivity contribution >= 4 is 21.6 Å². The highest BCUT2D eigenvalue weighted by atomic mass is 79.9. The molecule has 2 nitrogen and oxygen atoms in total. The summed E-state index contributed by atoms with van der Waals surface area (Å²) in [5, 5.41) is 0. The van der Waals surface area contributed by atoms with Crippen molar-refractivity contribution in [1.29, 1.82) is 0 Å². The van der Waals surface area contributed by atoms with Gasteiger partial charge in [-0.05, 0) is 40.2 Å². The number of rotatable bonds is 1. The molecule has 2 aromatic rings. The van der Waals surface area contributed by atoms with E-state index in [1.165, 1.54) is 6.20 Å². The first-order chi connectivity index (χ1) is 7.18. The van der Waals surface area contributed by atoms with Crippen LogP contribution in [-0.4, -0.2) is 4.98 Å². The average Bonchev–Trinajstić information content (AvgIpc) is 2.24.